The van der Waals surface area contributed by atoms with Gasteiger partial charge in [-0.15, -0.1) is 0 Å². The van der Waals surface area contributed by atoms with Crippen LogP contribution in [0.25, 0.3) is 10.5 Å². The number of amides is 1. The van der Waals surface area contributed by atoms with Crippen LogP contribution in [-0.2, 0) is 14.9 Å². The Kier molecular flexibility index (Phi) is 5.98. The molecule has 0 aromatic heterocycles. The second kappa shape index (κ2) is 8.88. The van der Waals surface area contributed by atoms with Gasteiger partial charge in [0.05, 0.1) is 17.2 Å². The van der Waals surface area contributed by atoms with E-state index in [1.165, 1.54) is 18.2 Å². The van der Waals surface area contributed by atoms with Crippen LogP contribution < -0.4 is 10.6 Å². The molecular weight excluding hydrogens is 464 g/mol. The molecule has 2 N–H and O–H groups in total. The number of rotatable bonds is 4. The van der Waals surface area contributed by atoms with Gasteiger partial charge in [-0.1, -0.05) is 41.9 Å². The van der Waals surface area contributed by atoms with Crippen LogP contribution in [0.2, 0.25) is 5.02 Å². The minimum Gasteiger partial charge on any atom is -0.744 e. The Balaban J connectivity index is 1.72. The third kappa shape index (κ3) is 4.78. The first kappa shape index (κ1) is 22.2. The number of amidine groups is 1. The fourth-order valence-corrected chi connectivity index (χ4v) is 3.85. The lowest BCUT2D eigenvalue weighted by molar-refractivity contribution is -0.112. The summed E-state index contributed by atoms with van der Waals surface area (Å²) in [6.45, 7) is 7.57. The molecule has 4 rings (SSSR count). The zero-order valence-electron chi connectivity index (χ0n) is 16.7. The summed E-state index contributed by atoms with van der Waals surface area (Å²) in [6, 6.07) is 18.8. The van der Waals surface area contributed by atoms with Gasteiger partial charge in [0.1, 0.15) is 16.0 Å². The number of benzene rings is 3. The lowest BCUT2D eigenvalue weighted by atomic mass is 10.1. The molecule has 3 aromatic rings. The molecule has 0 fully saturated rings. The van der Waals surface area contributed by atoms with Crippen LogP contribution >= 0.6 is 11.6 Å². The van der Waals surface area contributed by atoms with E-state index in [9.17, 15) is 17.8 Å². The summed E-state index contributed by atoms with van der Waals surface area (Å²) in [5.41, 5.74) is 1.91. The molecule has 0 spiro atoms. The normalized spacial score (nSPS) is 14.0. The van der Waals surface area contributed by atoms with Crippen LogP contribution in [-0.4, -0.2) is 24.7 Å². The van der Waals surface area contributed by atoms with Gasteiger partial charge in [0.2, 0.25) is 0 Å². The summed E-state index contributed by atoms with van der Waals surface area (Å²) in [5, 5.41) is 6.14. The topological polar surface area (TPSA) is 115 Å². The average Bonchev–Trinajstić information content (AvgIpc) is 3.14. The standard InChI is InChI=1S/C23H15ClN4O4S/c1-25-21(23(29)27-15-11-9-14(24)10-12-15)20-18-7-2-3-8-19(18)22(28-20)26-16-5-4-6-17(13-16)33(30,31)32/h2-13H,(H,26,28)(H,27,29)(H,30,31,32)/p-1/b21-20+. The highest BCUT2D eigenvalue weighted by atomic mass is 35.5. The van der Waals surface area contributed by atoms with Crippen LogP contribution in [0.3, 0.4) is 0 Å². The summed E-state index contributed by atoms with van der Waals surface area (Å²) in [5.74, 6) is -0.330. The summed E-state index contributed by atoms with van der Waals surface area (Å²) < 4.78 is 34.0. The molecule has 0 saturated heterocycles. The number of fused-ring (bicyclic) bond motifs is 1. The molecule has 0 saturated carbocycles. The van der Waals surface area contributed by atoms with Gasteiger partial charge in [0, 0.05) is 27.5 Å². The van der Waals surface area contributed by atoms with Crippen molar-refractivity contribution in [1.29, 1.82) is 0 Å². The molecule has 10 heteroatoms. The first-order valence-electron chi connectivity index (χ1n) is 9.46. The lowest BCUT2D eigenvalue weighted by Gasteiger charge is -2.11. The zero-order chi connectivity index (χ0) is 23.6. The quantitative estimate of drug-likeness (QED) is 0.329. The van der Waals surface area contributed by atoms with Crippen molar-refractivity contribution in [2.75, 3.05) is 10.6 Å². The highest BCUT2D eigenvalue weighted by molar-refractivity contribution is 7.85. The predicted molar refractivity (Wildman–Crippen MR) is 125 cm³/mol. The monoisotopic (exact) mass is 477 g/mol. The number of anilines is 2. The number of halogens is 1. The van der Waals surface area contributed by atoms with E-state index in [0.717, 1.165) is 0 Å². The predicted octanol–water partition coefficient (Wildman–Crippen LogP) is 4.34. The molecule has 33 heavy (non-hydrogen) atoms. The molecule has 1 aliphatic rings. The van der Waals surface area contributed by atoms with Crippen LogP contribution in [0.4, 0.5) is 11.4 Å². The Bertz CT molecular complexity index is 1470. The van der Waals surface area contributed by atoms with E-state index in [0.29, 0.717) is 33.4 Å². The van der Waals surface area contributed by atoms with Crippen molar-refractivity contribution < 1.29 is 17.8 Å². The fraction of sp³-hybridized carbons (Fsp3) is 0. The van der Waals surface area contributed by atoms with Crippen molar-refractivity contribution in [3.8, 4) is 0 Å². The van der Waals surface area contributed by atoms with Crippen LogP contribution in [0.5, 0.6) is 0 Å². The first-order valence-corrected chi connectivity index (χ1v) is 11.2. The molecular formula is C23H14ClN4O4S-. The minimum atomic E-state index is -4.63. The fourth-order valence-electron chi connectivity index (χ4n) is 3.21. The maximum Gasteiger partial charge on any atom is 0.276 e. The summed E-state index contributed by atoms with van der Waals surface area (Å²) in [4.78, 5) is 20.3. The average molecular weight is 478 g/mol. The molecule has 3 aromatic carbocycles. The maximum absolute atomic E-state index is 12.8. The number of aliphatic imine (C=N–C) groups is 1. The van der Waals surface area contributed by atoms with Gasteiger partial charge in [0.25, 0.3) is 11.6 Å². The van der Waals surface area contributed by atoms with Crippen molar-refractivity contribution >= 4 is 50.5 Å². The van der Waals surface area contributed by atoms with E-state index >= 15 is 0 Å². The molecule has 0 radical (unpaired) electrons. The number of carbonyl (C=O) groups excluding carboxylic acids is 1. The lowest BCUT2D eigenvalue weighted by Crippen LogP contribution is -2.13. The number of hydrogen-bond acceptors (Lipinski definition) is 6. The van der Waals surface area contributed by atoms with Crippen LogP contribution in [0, 0.1) is 6.57 Å². The number of nitrogens with zero attached hydrogens (tertiary/aromatic N) is 2. The van der Waals surface area contributed by atoms with Gasteiger partial charge < -0.3 is 15.2 Å². The second-order valence-corrected chi connectivity index (χ2v) is 8.70. The van der Waals surface area contributed by atoms with Crippen molar-refractivity contribution in [2.24, 2.45) is 4.99 Å². The largest absolute Gasteiger partial charge is 0.744 e. The highest BCUT2D eigenvalue weighted by Crippen LogP contribution is 2.33. The maximum atomic E-state index is 12.8. The van der Waals surface area contributed by atoms with Crippen molar-refractivity contribution in [2.45, 2.75) is 4.90 Å². The van der Waals surface area contributed by atoms with E-state index in [2.05, 4.69) is 20.5 Å². The van der Waals surface area contributed by atoms with Crippen molar-refractivity contribution in [1.82, 2.24) is 0 Å². The van der Waals surface area contributed by atoms with E-state index in [1.807, 2.05) is 0 Å². The Morgan fingerprint density at radius 3 is 2.33 bits per heavy atom. The summed E-state index contributed by atoms with van der Waals surface area (Å²) >= 11 is 5.87. The Hall–Kier alpha value is -3.97. The molecule has 1 aliphatic heterocycles. The molecule has 0 aliphatic carbocycles. The van der Waals surface area contributed by atoms with Crippen molar-refractivity contribution in [3.63, 3.8) is 0 Å². The molecule has 164 valence electrons. The van der Waals surface area contributed by atoms with Gasteiger partial charge in [-0.2, -0.15) is 0 Å². The van der Waals surface area contributed by atoms with E-state index in [-0.39, 0.29) is 16.3 Å². The number of nitrogens with one attached hydrogen (secondary N) is 2. The smallest absolute Gasteiger partial charge is 0.276 e. The molecule has 8 nitrogen and oxygen atoms in total. The minimum absolute atomic E-state index is 0.169. The Morgan fingerprint density at radius 1 is 0.970 bits per heavy atom. The number of hydrogen-bond donors (Lipinski definition) is 2. The van der Waals surface area contributed by atoms with Gasteiger partial charge in [-0.3, -0.25) is 4.79 Å². The molecule has 1 heterocycles. The third-order valence-electron chi connectivity index (χ3n) is 4.70. The van der Waals surface area contributed by atoms with E-state index in [4.69, 9.17) is 18.2 Å². The van der Waals surface area contributed by atoms with Crippen molar-refractivity contribution in [3.05, 3.63) is 106 Å². The molecule has 0 bridgehead atoms. The highest BCUT2D eigenvalue weighted by Gasteiger charge is 2.26. The summed E-state index contributed by atoms with van der Waals surface area (Å²) in [6.07, 6.45) is 0. The van der Waals surface area contributed by atoms with E-state index in [1.54, 1.807) is 54.6 Å². The molecule has 0 atom stereocenters. The van der Waals surface area contributed by atoms with Gasteiger partial charge in [-0.25, -0.2) is 18.3 Å². The second-order valence-electron chi connectivity index (χ2n) is 6.88. The van der Waals surface area contributed by atoms with Crippen LogP contribution in [0.1, 0.15) is 11.1 Å². The Morgan fingerprint density at radius 2 is 1.67 bits per heavy atom. The van der Waals surface area contributed by atoms with E-state index < -0.39 is 16.0 Å². The molecule has 0 unspecified atom stereocenters. The first-order chi connectivity index (χ1) is 15.8. The zero-order valence-corrected chi connectivity index (χ0v) is 18.3. The summed E-state index contributed by atoms with van der Waals surface area (Å²) in [7, 11) is -4.63. The Labute approximate surface area is 194 Å². The van der Waals surface area contributed by atoms with Gasteiger partial charge in [0.15, 0.2) is 0 Å². The van der Waals surface area contributed by atoms with Gasteiger partial charge in [-0.05, 0) is 42.5 Å². The van der Waals surface area contributed by atoms with Gasteiger partial charge >= 0.3 is 0 Å². The van der Waals surface area contributed by atoms with Crippen LogP contribution in [0.15, 0.2) is 88.4 Å². The molecule has 1 amide bonds. The third-order valence-corrected chi connectivity index (χ3v) is 5.78. The number of carbonyl (C=O) groups is 1. The SMILES string of the molecule is [C-]#[N+]/C(C(=O)Nc1ccc(Cl)cc1)=C1/N=C(Nc2cccc(S(=O)(=O)[O-])c2)c2ccccc21.